The van der Waals surface area contributed by atoms with Gasteiger partial charge in [0.25, 0.3) is 0 Å². The third kappa shape index (κ3) is 2.10. The molecule has 0 amide bonds. The van der Waals surface area contributed by atoms with Crippen LogP contribution in [0.3, 0.4) is 0 Å². The Morgan fingerprint density at radius 1 is 1.07 bits per heavy atom. The van der Waals surface area contributed by atoms with Crippen LogP contribution in [0.2, 0.25) is 0 Å². The summed E-state index contributed by atoms with van der Waals surface area (Å²) in [7, 11) is 4.12. The van der Waals surface area contributed by atoms with Gasteiger partial charge < -0.3 is 10.1 Å². The number of methoxy groups -OCH3 is 1. The Bertz CT molecular complexity index is 174. The Kier molecular flexibility index (Phi) is 3.42. The third-order valence-corrected chi connectivity index (χ3v) is 3.89. The second-order valence-corrected chi connectivity index (χ2v) is 4.64. The van der Waals surface area contributed by atoms with Crippen LogP contribution in [0.5, 0.6) is 0 Å². The molecule has 0 aromatic carbocycles. The van der Waals surface area contributed by atoms with Gasteiger partial charge in [0.2, 0.25) is 0 Å². The lowest BCUT2D eigenvalue weighted by atomic mass is 9.90. The minimum Gasteiger partial charge on any atom is -0.381 e. The van der Waals surface area contributed by atoms with Gasteiger partial charge in [-0.1, -0.05) is 0 Å². The molecule has 82 valence electrons. The van der Waals surface area contributed by atoms with Gasteiger partial charge in [-0.05, 0) is 32.7 Å². The average Bonchev–Trinajstić information content (AvgIpc) is 2.15. The standard InChI is InChI=1S/C11H22N2O/c1-13(10-7-12-8-10)9-3-5-11(14-2)6-4-9/h9-12H,3-8H2,1-2H3/t9-,11-. The fourth-order valence-corrected chi connectivity index (χ4v) is 2.55. The maximum absolute atomic E-state index is 5.39. The van der Waals surface area contributed by atoms with Gasteiger partial charge in [0.15, 0.2) is 0 Å². The molecule has 0 aromatic heterocycles. The quantitative estimate of drug-likeness (QED) is 0.727. The summed E-state index contributed by atoms with van der Waals surface area (Å²) in [5.74, 6) is 0. The maximum Gasteiger partial charge on any atom is 0.0572 e. The monoisotopic (exact) mass is 198 g/mol. The average molecular weight is 198 g/mol. The zero-order chi connectivity index (χ0) is 9.97. The first-order chi connectivity index (χ1) is 6.81. The first-order valence-electron chi connectivity index (χ1n) is 5.76. The molecule has 0 radical (unpaired) electrons. The summed E-state index contributed by atoms with van der Waals surface area (Å²) >= 11 is 0. The van der Waals surface area contributed by atoms with Crippen LogP contribution in [0.15, 0.2) is 0 Å². The Labute approximate surface area is 86.8 Å². The molecule has 1 heterocycles. The molecule has 1 saturated carbocycles. The summed E-state index contributed by atoms with van der Waals surface area (Å²) < 4.78 is 5.39. The predicted octanol–water partition coefficient (Wildman–Crippen LogP) is 0.848. The molecule has 1 saturated heterocycles. The summed E-state index contributed by atoms with van der Waals surface area (Å²) in [6.45, 7) is 2.36. The third-order valence-electron chi connectivity index (χ3n) is 3.89. The molecule has 0 aromatic rings. The van der Waals surface area contributed by atoms with E-state index in [1.54, 1.807) is 0 Å². The van der Waals surface area contributed by atoms with Crippen molar-refractivity contribution in [1.29, 1.82) is 0 Å². The molecule has 2 aliphatic rings. The maximum atomic E-state index is 5.39. The number of ether oxygens (including phenoxy) is 1. The number of likely N-dealkylation sites (N-methyl/N-ethyl adjacent to an activating group) is 1. The van der Waals surface area contributed by atoms with Crippen LogP contribution in [0.4, 0.5) is 0 Å². The Hall–Kier alpha value is -0.120. The zero-order valence-electron chi connectivity index (χ0n) is 9.33. The summed E-state index contributed by atoms with van der Waals surface area (Å²) in [6, 6.07) is 1.59. The molecule has 1 aliphatic heterocycles. The van der Waals surface area contributed by atoms with E-state index >= 15 is 0 Å². The van der Waals surface area contributed by atoms with Crippen LogP contribution in [-0.4, -0.2) is 50.3 Å². The second-order valence-electron chi connectivity index (χ2n) is 4.64. The van der Waals surface area contributed by atoms with Crippen molar-refractivity contribution in [3.63, 3.8) is 0 Å². The largest absolute Gasteiger partial charge is 0.381 e. The highest BCUT2D eigenvalue weighted by atomic mass is 16.5. The van der Waals surface area contributed by atoms with Gasteiger partial charge >= 0.3 is 0 Å². The molecule has 0 spiro atoms. The molecule has 1 N–H and O–H groups in total. The molecule has 0 bridgehead atoms. The highest BCUT2D eigenvalue weighted by molar-refractivity contribution is 4.88. The molecule has 14 heavy (non-hydrogen) atoms. The fourth-order valence-electron chi connectivity index (χ4n) is 2.55. The van der Waals surface area contributed by atoms with Crippen molar-refractivity contribution in [2.24, 2.45) is 0 Å². The molecule has 0 atom stereocenters. The van der Waals surface area contributed by atoms with Gasteiger partial charge in [-0.3, -0.25) is 4.90 Å². The summed E-state index contributed by atoms with van der Waals surface area (Å²) in [5.41, 5.74) is 0. The highest BCUT2D eigenvalue weighted by Crippen LogP contribution is 2.25. The Morgan fingerprint density at radius 3 is 2.14 bits per heavy atom. The van der Waals surface area contributed by atoms with Crippen molar-refractivity contribution in [1.82, 2.24) is 10.2 Å². The molecular formula is C11H22N2O. The lowest BCUT2D eigenvalue weighted by Gasteiger charge is -2.42. The van der Waals surface area contributed by atoms with Crippen LogP contribution in [-0.2, 0) is 4.74 Å². The Morgan fingerprint density at radius 2 is 1.71 bits per heavy atom. The first-order valence-corrected chi connectivity index (χ1v) is 5.76. The van der Waals surface area contributed by atoms with E-state index in [4.69, 9.17) is 4.74 Å². The minimum absolute atomic E-state index is 0.527. The van der Waals surface area contributed by atoms with Crippen LogP contribution >= 0.6 is 0 Å². The van der Waals surface area contributed by atoms with Crippen LogP contribution in [0.25, 0.3) is 0 Å². The summed E-state index contributed by atoms with van der Waals surface area (Å²) in [5, 5.41) is 3.33. The van der Waals surface area contributed by atoms with E-state index in [9.17, 15) is 0 Å². The van der Waals surface area contributed by atoms with Crippen molar-refractivity contribution in [2.45, 2.75) is 43.9 Å². The van der Waals surface area contributed by atoms with E-state index in [-0.39, 0.29) is 0 Å². The smallest absolute Gasteiger partial charge is 0.0572 e. The van der Waals surface area contributed by atoms with Crippen molar-refractivity contribution >= 4 is 0 Å². The summed E-state index contributed by atoms with van der Waals surface area (Å²) in [6.07, 6.45) is 5.63. The molecule has 2 fully saturated rings. The van der Waals surface area contributed by atoms with E-state index < -0.39 is 0 Å². The van der Waals surface area contributed by atoms with Crippen LogP contribution in [0, 0.1) is 0 Å². The SMILES string of the molecule is CO[C@H]1CC[C@H](N(C)C2CNC2)CC1. The van der Waals surface area contributed by atoms with Crippen LogP contribution in [0.1, 0.15) is 25.7 Å². The molecule has 0 unspecified atom stereocenters. The molecule has 2 rings (SSSR count). The van der Waals surface area contributed by atoms with E-state index in [2.05, 4.69) is 17.3 Å². The van der Waals surface area contributed by atoms with Crippen LogP contribution < -0.4 is 5.32 Å². The van der Waals surface area contributed by atoms with E-state index in [0.717, 1.165) is 12.1 Å². The zero-order valence-corrected chi connectivity index (χ0v) is 9.33. The van der Waals surface area contributed by atoms with Crippen molar-refractivity contribution in [2.75, 3.05) is 27.2 Å². The predicted molar refractivity (Wildman–Crippen MR) is 57.5 cm³/mol. The summed E-state index contributed by atoms with van der Waals surface area (Å²) in [4.78, 5) is 2.57. The second kappa shape index (κ2) is 4.60. The molecule has 3 nitrogen and oxygen atoms in total. The number of rotatable bonds is 3. The number of nitrogens with zero attached hydrogens (tertiary/aromatic N) is 1. The molecule has 3 heteroatoms. The lowest BCUT2D eigenvalue weighted by molar-refractivity contribution is 0.0275. The first kappa shape index (κ1) is 10.4. The molecular weight excluding hydrogens is 176 g/mol. The fraction of sp³-hybridized carbons (Fsp3) is 1.00. The number of nitrogens with one attached hydrogen (secondary N) is 1. The van der Waals surface area contributed by atoms with Gasteiger partial charge in [-0.15, -0.1) is 0 Å². The van der Waals surface area contributed by atoms with Gasteiger partial charge in [0.05, 0.1) is 6.10 Å². The molecule has 1 aliphatic carbocycles. The van der Waals surface area contributed by atoms with Gasteiger partial charge in [-0.25, -0.2) is 0 Å². The minimum atomic E-state index is 0.527. The van der Waals surface area contributed by atoms with Gasteiger partial charge in [0.1, 0.15) is 0 Å². The van der Waals surface area contributed by atoms with Gasteiger partial charge in [0, 0.05) is 32.3 Å². The lowest BCUT2D eigenvalue weighted by Crippen LogP contribution is -2.59. The number of hydrogen-bond acceptors (Lipinski definition) is 3. The van der Waals surface area contributed by atoms with Crippen molar-refractivity contribution in [3.05, 3.63) is 0 Å². The van der Waals surface area contributed by atoms with E-state index in [1.807, 2.05) is 7.11 Å². The van der Waals surface area contributed by atoms with E-state index in [0.29, 0.717) is 6.10 Å². The highest BCUT2D eigenvalue weighted by Gasteiger charge is 2.30. The Balaban J connectivity index is 1.76. The van der Waals surface area contributed by atoms with Gasteiger partial charge in [-0.2, -0.15) is 0 Å². The number of hydrogen-bond donors (Lipinski definition) is 1. The normalized spacial score (nSPS) is 34.5. The topological polar surface area (TPSA) is 24.5 Å². The van der Waals surface area contributed by atoms with E-state index in [1.165, 1.54) is 38.8 Å². The van der Waals surface area contributed by atoms with Crippen molar-refractivity contribution < 1.29 is 4.74 Å². The van der Waals surface area contributed by atoms with Crippen molar-refractivity contribution in [3.8, 4) is 0 Å².